The van der Waals surface area contributed by atoms with Gasteiger partial charge in [-0.1, -0.05) is 31.2 Å². The molecule has 1 N–H and O–H groups in total. The number of carbonyl (C=O) groups is 1. The van der Waals surface area contributed by atoms with Crippen molar-refractivity contribution in [1.29, 1.82) is 0 Å². The molecule has 2 aromatic carbocycles. The van der Waals surface area contributed by atoms with Crippen LogP contribution in [0.2, 0.25) is 0 Å². The van der Waals surface area contributed by atoms with Gasteiger partial charge in [-0.2, -0.15) is 0 Å². The number of carbonyl (C=O) groups excluding carboxylic acids is 1. The number of anilines is 1. The van der Waals surface area contributed by atoms with Crippen LogP contribution in [0.4, 0.5) is 5.69 Å². The molecule has 0 aromatic heterocycles. The van der Waals surface area contributed by atoms with Crippen molar-refractivity contribution < 1.29 is 13.2 Å². The van der Waals surface area contributed by atoms with Crippen LogP contribution in [0.3, 0.4) is 0 Å². The molecule has 2 aromatic rings. The maximum atomic E-state index is 12.8. The SMILES string of the molecule is CCNS(=O)(=O)c1cccc(C(=O)N2CCc3ccccc32)c1. The minimum absolute atomic E-state index is 0.109. The summed E-state index contributed by atoms with van der Waals surface area (Å²) in [7, 11) is -3.57. The van der Waals surface area contributed by atoms with Crippen molar-refractivity contribution in [3.05, 3.63) is 59.7 Å². The van der Waals surface area contributed by atoms with E-state index in [0.717, 1.165) is 17.7 Å². The van der Waals surface area contributed by atoms with E-state index in [9.17, 15) is 13.2 Å². The zero-order valence-electron chi connectivity index (χ0n) is 12.8. The van der Waals surface area contributed by atoms with Crippen LogP contribution >= 0.6 is 0 Å². The van der Waals surface area contributed by atoms with Crippen LogP contribution < -0.4 is 9.62 Å². The molecule has 120 valence electrons. The Kier molecular flexibility index (Phi) is 4.19. The summed E-state index contributed by atoms with van der Waals surface area (Å²) in [6, 6.07) is 13.9. The lowest BCUT2D eigenvalue weighted by molar-refractivity contribution is 0.0989. The predicted molar refractivity (Wildman–Crippen MR) is 89.1 cm³/mol. The van der Waals surface area contributed by atoms with E-state index in [1.807, 2.05) is 24.3 Å². The molecular weight excluding hydrogens is 312 g/mol. The zero-order valence-corrected chi connectivity index (χ0v) is 13.6. The van der Waals surface area contributed by atoms with Crippen molar-refractivity contribution in [3.63, 3.8) is 0 Å². The monoisotopic (exact) mass is 330 g/mol. The summed E-state index contributed by atoms with van der Waals surface area (Å²) < 4.78 is 26.6. The highest BCUT2D eigenvalue weighted by Crippen LogP contribution is 2.29. The van der Waals surface area contributed by atoms with Crippen LogP contribution in [0, 0.1) is 0 Å². The number of nitrogens with zero attached hydrogens (tertiary/aromatic N) is 1. The predicted octanol–water partition coefficient (Wildman–Crippen LogP) is 2.19. The number of nitrogens with one attached hydrogen (secondary N) is 1. The van der Waals surface area contributed by atoms with Crippen molar-refractivity contribution in [1.82, 2.24) is 4.72 Å². The first-order chi connectivity index (χ1) is 11.0. The van der Waals surface area contributed by atoms with Crippen LogP contribution in [0.5, 0.6) is 0 Å². The molecule has 5 nitrogen and oxygen atoms in total. The maximum absolute atomic E-state index is 12.8. The van der Waals surface area contributed by atoms with Crippen molar-refractivity contribution in [2.75, 3.05) is 18.0 Å². The van der Waals surface area contributed by atoms with Gasteiger partial charge in [-0.15, -0.1) is 0 Å². The quantitative estimate of drug-likeness (QED) is 0.934. The third-order valence-electron chi connectivity index (χ3n) is 3.86. The van der Waals surface area contributed by atoms with Gasteiger partial charge in [0.15, 0.2) is 0 Å². The van der Waals surface area contributed by atoms with Crippen molar-refractivity contribution >= 4 is 21.6 Å². The Morgan fingerprint density at radius 1 is 1.17 bits per heavy atom. The molecule has 3 rings (SSSR count). The summed E-state index contributed by atoms with van der Waals surface area (Å²) in [5.74, 6) is -0.177. The number of para-hydroxylation sites is 1. The van der Waals surface area contributed by atoms with E-state index in [1.165, 1.54) is 12.1 Å². The van der Waals surface area contributed by atoms with E-state index in [-0.39, 0.29) is 10.8 Å². The molecule has 6 heteroatoms. The number of rotatable bonds is 4. The Balaban J connectivity index is 1.93. The Morgan fingerprint density at radius 3 is 2.74 bits per heavy atom. The Morgan fingerprint density at radius 2 is 1.96 bits per heavy atom. The fourth-order valence-corrected chi connectivity index (χ4v) is 3.86. The van der Waals surface area contributed by atoms with Gasteiger partial charge in [0.2, 0.25) is 10.0 Å². The third kappa shape index (κ3) is 3.00. The molecule has 0 fully saturated rings. The van der Waals surface area contributed by atoms with E-state index < -0.39 is 10.0 Å². The molecule has 1 aliphatic rings. The molecule has 0 spiro atoms. The van der Waals surface area contributed by atoms with Crippen LogP contribution in [-0.4, -0.2) is 27.4 Å². The number of sulfonamides is 1. The molecule has 0 radical (unpaired) electrons. The second kappa shape index (κ2) is 6.14. The fraction of sp³-hybridized carbons (Fsp3) is 0.235. The van der Waals surface area contributed by atoms with Gasteiger partial charge in [0.05, 0.1) is 4.90 Å². The number of hydrogen-bond acceptors (Lipinski definition) is 3. The summed E-state index contributed by atoms with van der Waals surface area (Å²) in [6.45, 7) is 2.64. The second-order valence-electron chi connectivity index (χ2n) is 5.36. The molecule has 0 saturated heterocycles. The first kappa shape index (κ1) is 15.7. The Hall–Kier alpha value is -2.18. The van der Waals surface area contributed by atoms with Gasteiger partial charge in [0.25, 0.3) is 5.91 Å². The van der Waals surface area contributed by atoms with Crippen LogP contribution in [0.1, 0.15) is 22.8 Å². The molecule has 0 unspecified atom stereocenters. The van der Waals surface area contributed by atoms with Gasteiger partial charge in [-0.05, 0) is 36.2 Å². The summed E-state index contributed by atoms with van der Waals surface area (Å²) in [4.78, 5) is 14.6. The van der Waals surface area contributed by atoms with E-state index in [0.29, 0.717) is 18.7 Å². The highest BCUT2D eigenvalue weighted by molar-refractivity contribution is 7.89. The van der Waals surface area contributed by atoms with Crippen molar-refractivity contribution in [3.8, 4) is 0 Å². The number of benzene rings is 2. The van der Waals surface area contributed by atoms with Gasteiger partial charge < -0.3 is 4.90 Å². The Bertz CT molecular complexity index is 846. The number of amides is 1. The van der Waals surface area contributed by atoms with Crippen LogP contribution in [-0.2, 0) is 16.4 Å². The van der Waals surface area contributed by atoms with Crippen LogP contribution in [0.25, 0.3) is 0 Å². The second-order valence-corrected chi connectivity index (χ2v) is 7.13. The number of fused-ring (bicyclic) bond motifs is 1. The van der Waals surface area contributed by atoms with E-state index in [4.69, 9.17) is 0 Å². The highest BCUT2D eigenvalue weighted by atomic mass is 32.2. The van der Waals surface area contributed by atoms with E-state index >= 15 is 0 Å². The lowest BCUT2D eigenvalue weighted by Crippen LogP contribution is -2.29. The lowest BCUT2D eigenvalue weighted by atomic mass is 10.1. The summed E-state index contributed by atoms with van der Waals surface area (Å²) >= 11 is 0. The summed E-state index contributed by atoms with van der Waals surface area (Å²) in [5, 5.41) is 0. The largest absolute Gasteiger partial charge is 0.308 e. The molecule has 0 aliphatic carbocycles. The van der Waals surface area contributed by atoms with Crippen molar-refractivity contribution in [2.45, 2.75) is 18.2 Å². The topological polar surface area (TPSA) is 66.5 Å². The molecule has 1 heterocycles. The van der Waals surface area contributed by atoms with Gasteiger partial charge in [0.1, 0.15) is 0 Å². The third-order valence-corrected chi connectivity index (χ3v) is 5.40. The zero-order chi connectivity index (χ0) is 16.4. The molecule has 1 amide bonds. The molecule has 0 atom stereocenters. The lowest BCUT2D eigenvalue weighted by Gasteiger charge is -2.17. The average molecular weight is 330 g/mol. The molecule has 0 saturated carbocycles. The maximum Gasteiger partial charge on any atom is 0.258 e. The van der Waals surface area contributed by atoms with Gasteiger partial charge in [0, 0.05) is 24.3 Å². The van der Waals surface area contributed by atoms with E-state index in [2.05, 4.69) is 4.72 Å². The molecule has 0 bridgehead atoms. The fourth-order valence-electron chi connectivity index (χ4n) is 2.77. The molecular formula is C17H18N2O3S. The highest BCUT2D eigenvalue weighted by Gasteiger charge is 2.26. The van der Waals surface area contributed by atoms with E-state index in [1.54, 1.807) is 24.0 Å². The van der Waals surface area contributed by atoms with Gasteiger partial charge >= 0.3 is 0 Å². The minimum atomic E-state index is -3.57. The van der Waals surface area contributed by atoms with Crippen LogP contribution in [0.15, 0.2) is 53.4 Å². The smallest absolute Gasteiger partial charge is 0.258 e. The standard InChI is InChI=1S/C17H18N2O3S/c1-2-18-23(21,22)15-8-5-7-14(12-15)17(20)19-11-10-13-6-3-4-9-16(13)19/h3-9,12,18H,2,10-11H2,1H3. The molecule has 23 heavy (non-hydrogen) atoms. The van der Waals surface area contributed by atoms with Gasteiger partial charge in [-0.3, -0.25) is 4.79 Å². The van der Waals surface area contributed by atoms with Crippen molar-refractivity contribution in [2.24, 2.45) is 0 Å². The molecule has 1 aliphatic heterocycles. The minimum Gasteiger partial charge on any atom is -0.308 e. The normalized spacial score (nSPS) is 13.9. The van der Waals surface area contributed by atoms with Gasteiger partial charge in [-0.25, -0.2) is 13.1 Å². The average Bonchev–Trinajstić information content (AvgIpc) is 2.98. The first-order valence-electron chi connectivity index (χ1n) is 7.52. The Labute approximate surface area is 136 Å². The summed E-state index contributed by atoms with van der Waals surface area (Å²) in [6.07, 6.45) is 0.817. The summed E-state index contributed by atoms with van der Waals surface area (Å²) in [5.41, 5.74) is 2.41. The number of hydrogen-bond donors (Lipinski definition) is 1. The first-order valence-corrected chi connectivity index (χ1v) is 9.01.